The average Bonchev–Trinajstić information content (AvgIpc) is 3.01. The van der Waals surface area contributed by atoms with Crippen LogP contribution in [-0.2, 0) is 17.8 Å². The monoisotopic (exact) mass is 366 g/mol. The van der Waals surface area contributed by atoms with Crippen LogP contribution in [0.3, 0.4) is 0 Å². The summed E-state index contributed by atoms with van der Waals surface area (Å²) in [5.74, 6) is 2.12. The third-order valence-electron chi connectivity index (χ3n) is 5.07. The summed E-state index contributed by atoms with van der Waals surface area (Å²) in [6, 6.07) is 9.67. The van der Waals surface area contributed by atoms with Crippen molar-refractivity contribution < 1.29 is 19.0 Å². The maximum absolute atomic E-state index is 12.5. The molecule has 0 aliphatic carbocycles. The number of methoxy groups -OCH3 is 3. The zero-order valence-corrected chi connectivity index (χ0v) is 15.7. The number of anilines is 1. The number of fused-ring (bicyclic) bond motifs is 2. The molecule has 27 heavy (non-hydrogen) atoms. The van der Waals surface area contributed by atoms with Gasteiger partial charge in [-0.25, -0.2) is 0 Å². The Kier molecular flexibility index (Phi) is 4.39. The van der Waals surface area contributed by atoms with Gasteiger partial charge in [-0.2, -0.15) is 0 Å². The van der Waals surface area contributed by atoms with Crippen LogP contribution in [0.1, 0.15) is 16.7 Å². The van der Waals surface area contributed by atoms with Crippen LogP contribution in [0.2, 0.25) is 0 Å². The minimum atomic E-state index is -0.0867. The molecule has 2 heterocycles. The van der Waals surface area contributed by atoms with E-state index in [0.29, 0.717) is 12.1 Å². The van der Waals surface area contributed by atoms with Gasteiger partial charge in [-0.3, -0.25) is 4.79 Å². The number of amides is 1. The third kappa shape index (κ3) is 3.07. The van der Waals surface area contributed by atoms with E-state index in [1.165, 1.54) is 11.1 Å². The number of ether oxygens (including phenoxy) is 3. The Morgan fingerprint density at radius 1 is 1.00 bits per heavy atom. The second-order valence-corrected chi connectivity index (χ2v) is 6.60. The summed E-state index contributed by atoms with van der Waals surface area (Å²) >= 11 is 0. The third-order valence-corrected chi connectivity index (χ3v) is 5.07. The lowest BCUT2D eigenvalue weighted by Crippen LogP contribution is -2.26. The number of hydrogen-bond donors (Lipinski definition) is 1. The maximum atomic E-state index is 12.5. The molecule has 0 unspecified atom stereocenters. The lowest BCUT2D eigenvalue weighted by atomic mass is 9.98. The molecule has 2 aliphatic rings. The molecule has 0 fully saturated rings. The van der Waals surface area contributed by atoms with Gasteiger partial charge in [0.15, 0.2) is 11.5 Å². The van der Waals surface area contributed by atoms with Crippen LogP contribution in [0.4, 0.5) is 5.69 Å². The zero-order valence-electron chi connectivity index (χ0n) is 15.7. The smallest absolute Gasteiger partial charge is 0.257 e. The standard InChI is InChI=1S/C21H22N2O4/c1-25-15-4-5-18-16(10-15)17(21(24)22-18)12-23-7-6-13-8-19(26-2)20(27-3)9-14(13)11-23/h4-5,8-10,12H,6-7,11H2,1-3H3,(H,22,24)/b17-12+. The van der Waals surface area contributed by atoms with Gasteiger partial charge in [0.25, 0.3) is 5.91 Å². The van der Waals surface area contributed by atoms with Crippen LogP contribution >= 0.6 is 0 Å². The second-order valence-electron chi connectivity index (χ2n) is 6.60. The topological polar surface area (TPSA) is 60.0 Å². The van der Waals surface area contributed by atoms with E-state index in [2.05, 4.69) is 10.2 Å². The van der Waals surface area contributed by atoms with Crippen molar-refractivity contribution in [3.8, 4) is 17.2 Å². The average molecular weight is 366 g/mol. The first kappa shape index (κ1) is 17.3. The van der Waals surface area contributed by atoms with Crippen LogP contribution in [0.25, 0.3) is 5.57 Å². The Bertz CT molecular complexity index is 936. The first-order valence-corrected chi connectivity index (χ1v) is 8.82. The molecule has 140 valence electrons. The number of nitrogens with zero attached hydrogens (tertiary/aromatic N) is 1. The lowest BCUT2D eigenvalue weighted by molar-refractivity contribution is -0.110. The van der Waals surface area contributed by atoms with E-state index in [4.69, 9.17) is 14.2 Å². The van der Waals surface area contributed by atoms with E-state index in [1.54, 1.807) is 21.3 Å². The first-order valence-electron chi connectivity index (χ1n) is 8.82. The van der Waals surface area contributed by atoms with Crippen molar-refractivity contribution in [2.75, 3.05) is 33.2 Å². The number of carbonyl (C=O) groups excluding carboxylic acids is 1. The summed E-state index contributed by atoms with van der Waals surface area (Å²) in [4.78, 5) is 14.6. The summed E-state index contributed by atoms with van der Waals surface area (Å²) in [5, 5.41) is 2.91. The van der Waals surface area contributed by atoms with Crippen molar-refractivity contribution in [3.63, 3.8) is 0 Å². The lowest BCUT2D eigenvalue weighted by Gasteiger charge is -2.29. The molecule has 1 N–H and O–H groups in total. The summed E-state index contributed by atoms with van der Waals surface area (Å²) in [7, 11) is 4.91. The normalized spacial score (nSPS) is 16.6. The molecule has 6 heteroatoms. The predicted octanol–water partition coefficient (Wildman–Crippen LogP) is 3.06. The van der Waals surface area contributed by atoms with Crippen LogP contribution < -0.4 is 19.5 Å². The van der Waals surface area contributed by atoms with Crippen LogP contribution in [0.5, 0.6) is 17.2 Å². The van der Waals surface area contributed by atoms with Gasteiger partial charge in [-0.15, -0.1) is 0 Å². The van der Waals surface area contributed by atoms with Gasteiger partial charge in [0.2, 0.25) is 0 Å². The number of hydrogen-bond acceptors (Lipinski definition) is 5. The summed E-state index contributed by atoms with van der Waals surface area (Å²) in [5.41, 5.74) is 4.78. The van der Waals surface area contributed by atoms with Crippen molar-refractivity contribution in [1.29, 1.82) is 0 Å². The molecule has 2 aromatic carbocycles. The molecule has 1 amide bonds. The van der Waals surface area contributed by atoms with Gasteiger partial charge in [0.1, 0.15) is 5.75 Å². The van der Waals surface area contributed by atoms with Crippen LogP contribution in [-0.4, -0.2) is 38.7 Å². The Morgan fingerprint density at radius 3 is 2.44 bits per heavy atom. The minimum Gasteiger partial charge on any atom is -0.497 e. The van der Waals surface area contributed by atoms with Crippen molar-refractivity contribution in [3.05, 3.63) is 53.2 Å². The molecule has 0 saturated heterocycles. The van der Waals surface area contributed by atoms with Gasteiger partial charge in [-0.1, -0.05) is 0 Å². The number of benzene rings is 2. The molecule has 2 aromatic rings. The molecule has 0 spiro atoms. The zero-order chi connectivity index (χ0) is 19.0. The highest BCUT2D eigenvalue weighted by Crippen LogP contribution is 2.36. The van der Waals surface area contributed by atoms with Crippen LogP contribution in [0.15, 0.2) is 36.5 Å². The Balaban J connectivity index is 1.64. The highest BCUT2D eigenvalue weighted by atomic mass is 16.5. The Labute approximate surface area is 158 Å². The molecule has 0 aromatic heterocycles. The molecular formula is C21H22N2O4. The molecule has 2 aliphatic heterocycles. The van der Waals surface area contributed by atoms with E-state index in [-0.39, 0.29) is 5.91 Å². The number of rotatable bonds is 4. The van der Waals surface area contributed by atoms with E-state index >= 15 is 0 Å². The minimum absolute atomic E-state index is 0.0867. The van der Waals surface area contributed by atoms with Gasteiger partial charge < -0.3 is 24.4 Å². The second kappa shape index (κ2) is 6.87. The first-order chi connectivity index (χ1) is 13.1. The fourth-order valence-corrected chi connectivity index (χ4v) is 3.62. The molecule has 4 rings (SSSR count). The largest absolute Gasteiger partial charge is 0.497 e. The summed E-state index contributed by atoms with van der Waals surface area (Å²) < 4.78 is 16.1. The number of carbonyl (C=O) groups is 1. The van der Waals surface area contributed by atoms with E-state index < -0.39 is 0 Å². The van der Waals surface area contributed by atoms with Crippen molar-refractivity contribution in [2.45, 2.75) is 13.0 Å². The predicted molar refractivity (Wildman–Crippen MR) is 103 cm³/mol. The van der Waals surface area contributed by atoms with E-state index in [1.807, 2.05) is 36.5 Å². The summed E-state index contributed by atoms with van der Waals surface area (Å²) in [6.45, 7) is 1.55. The van der Waals surface area contributed by atoms with Gasteiger partial charge >= 0.3 is 0 Å². The van der Waals surface area contributed by atoms with Gasteiger partial charge in [-0.05, 0) is 47.9 Å². The molecule has 0 saturated carbocycles. The molecule has 0 bridgehead atoms. The highest BCUT2D eigenvalue weighted by Gasteiger charge is 2.26. The van der Waals surface area contributed by atoms with Crippen LogP contribution in [0, 0.1) is 0 Å². The quantitative estimate of drug-likeness (QED) is 0.843. The van der Waals surface area contributed by atoms with Crippen molar-refractivity contribution in [1.82, 2.24) is 4.90 Å². The van der Waals surface area contributed by atoms with E-state index in [0.717, 1.165) is 41.5 Å². The molecule has 6 nitrogen and oxygen atoms in total. The Morgan fingerprint density at radius 2 is 1.74 bits per heavy atom. The van der Waals surface area contributed by atoms with Crippen molar-refractivity contribution in [2.24, 2.45) is 0 Å². The molecular weight excluding hydrogens is 344 g/mol. The van der Waals surface area contributed by atoms with Gasteiger partial charge in [0.05, 0.1) is 26.9 Å². The fraction of sp³-hybridized carbons (Fsp3) is 0.286. The SMILES string of the molecule is COc1ccc2c(c1)/C(=C\N1CCc3cc(OC)c(OC)cc3C1)C(=O)N2. The Hall–Kier alpha value is -3.15. The fourth-order valence-electron chi connectivity index (χ4n) is 3.62. The van der Waals surface area contributed by atoms with Gasteiger partial charge in [0, 0.05) is 30.5 Å². The van der Waals surface area contributed by atoms with E-state index in [9.17, 15) is 4.79 Å². The summed E-state index contributed by atoms with van der Waals surface area (Å²) in [6.07, 6.45) is 2.83. The molecule has 0 radical (unpaired) electrons. The molecule has 0 atom stereocenters. The number of nitrogens with one attached hydrogen (secondary N) is 1. The van der Waals surface area contributed by atoms with Crippen molar-refractivity contribution >= 4 is 17.2 Å². The maximum Gasteiger partial charge on any atom is 0.257 e. The highest BCUT2D eigenvalue weighted by molar-refractivity contribution is 6.31.